The third-order valence-electron chi connectivity index (χ3n) is 3.47. The van der Waals surface area contributed by atoms with Crippen LogP contribution in [0.1, 0.15) is 38.6 Å². The predicted molar refractivity (Wildman–Crippen MR) is 82.1 cm³/mol. The summed E-state index contributed by atoms with van der Waals surface area (Å²) in [6.45, 7) is 11.2. The number of carbonyl (C=O) groups excluding carboxylic acids is 1. The molecule has 0 aliphatic carbocycles. The molecule has 4 nitrogen and oxygen atoms in total. The van der Waals surface area contributed by atoms with E-state index in [2.05, 4.69) is 29.3 Å². The van der Waals surface area contributed by atoms with Gasteiger partial charge in [0.25, 0.3) is 0 Å². The monoisotopic (exact) mass is 296 g/mol. The number of nitrogens with zero attached hydrogens (tertiary/aromatic N) is 2. The van der Waals surface area contributed by atoms with Crippen molar-refractivity contribution in [3.63, 3.8) is 0 Å². The lowest BCUT2D eigenvalue weighted by atomic mass is 10.2. The number of amides is 1. The minimum absolute atomic E-state index is 0.194. The molecule has 112 valence electrons. The maximum Gasteiger partial charge on any atom is 0.410 e. The van der Waals surface area contributed by atoms with Crippen molar-refractivity contribution in [1.29, 1.82) is 0 Å². The van der Waals surface area contributed by atoms with Gasteiger partial charge in [0.05, 0.1) is 0 Å². The summed E-state index contributed by atoms with van der Waals surface area (Å²) < 4.78 is 5.42. The molecule has 0 spiro atoms. The van der Waals surface area contributed by atoms with E-state index in [1.165, 1.54) is 4.88 Å². The molecule has 1 aromatic rings. The molecule has 2 rings (SSSR count). The van der Waals surface area contributed by atoms with Crippen molar-refractivity contribution >= 4 is 17.4 Å². The lowest BCUT2D eigenvalue weighted by Gasteiger charge is -2.38. The molecular formula is C15H24N2O2S. The van der Waals surface area contributed by atoms with Crippen LogP contribution in [0.5, 0.6) is 0 Å². The molecule has 1 atom stereocenters. The van der Waals surface area contributed by atoms with Crippen molar-refractivity contribution in [2.75, 3.05) is 26.2 Å². The smallest absolute Gasteiger partial charge is 0.410 e. The van der Waals surface area contributed by atoms with Gasteiger partial charge < -0.3 is 9.64 Å². The first-order valence-corrected chi connectivity index (χ1v) is 8.00. The molecule has 0 bridgehead atoms. The molecule has 1 aliphatic rings. The molecule has 1 amide bonds. The fraction of sp³-hybridized carbons (Fsp3) is 0.667. The molecule has 1 saturated heterocycles. The number of hydrogen-bond donors (Lipinski definition) is 0. The van der Waals surface area contributed by atoms with Gasteiger partial charge in [0, 0.05) is 37.1 Å². The molecule has 0 aromatic carbocycles. The zero-order valence-corrected chi connectivity index (χ0v) is 13.6. The number of piperazine rings is 1. The summed E-state index contributed by atoms with van der Waals surface area (Å²) in [7, 11) is 0. The lowest BCUT2D eigenvalue weighted by molar-refractivity contribution is 0.0112. The van der Waals surface area contributed by atoms with Gasteiger partial charge in [0.2, 0.25) is 0 Å². The van der Waals surface area contributed by atoms with Crippen molar-refractivity contribution in [2.45, 2.75) is 39.3 Å². The Kier molecular flexibility index (Phi) is 4.70. The second-order valence-electron chi connectivity index (χ2n) is 6.19. The first kappa shape index (κ1) is 15.3. The van der Waals surface area contributed by atoms with E-state index >= 15 is 0 Å². The first-order valence-electron chi connectivity index (χ1n) is 7.12. The summed E-state index contributed by atoms with van der Waals surface area (Å²) in [5, 5.41) is 2.11. The van der Waals surface area contributed by atoms with E-state index in [0.717, 1.165) is 26.2 Å². The summed E-state index contributed by atoms with van der Waals surface area (Å²) in [6.07, 6.45) is -0.194. The van der Waals surface area contributed by atoms with Gasteiger partial charge >= 0.3 is 6.09 Å². The van der Waals surface area contributed by atoms with Gasteiger partial charge in [0.1, 0.15) is 5.60 Å². The summed E-state index contributed by atoms with van der Waals surface area (Å²) in [5.74, 6) is 0. The number of thiophene rings is 1. The molecule has 0 saturated carbocycles. The van der Waals surface area contributed by atoms with Gasteiger partial charge in [0.15, 0.2) is 0 Å². The maximum atomic E-state index is 12.0. The highest BCUT2D eigenvalue weighted by molar-refractivity contribution is 7.10. The number of hydrogen-bond acceptors (Lipinski definition) is 4. The van der Waals surface area contributed by atoms with Crippen LogP contribution in [0, 0.1) is 0 Å². The van der Waals surface area contributed by atoms with Gasteiger partial charge in [-0.1, -0.05) is 6.07 Å². The zero-order chi connectivity index (χ0) is 14.8. The van der Waals surface area contributed by atoms with Crippen LogP contribution >= 0.6 is 11.3 Å². The van der Waals surface area contributed by atoms with Crippen molar-refractivity contribution in [3.8, 4) is 0 Å². The van der Waals surface area contributed by atoms with E-state index in [1.54, 1.807) is 11.3 Å². The van der Waals surface area contributed by atoms with Crippen molar-refractivity contribution < 1.29 is 9.53 Å². The Labute approximate surface area is 125 Å². The standard InChI is InChI=1S/C15H24N2O2S/c1-12(13-6-5-11-20-13)16-7-9-17(10-8-16)14(18)19-15(2,3)4/h5-6,11-12H,7-10H2,1-4H3/t12-/m1/s1. The van der Waals surface area contributed by atoms with E-state index in [1.807, 2.05) is 25.7 Å². The predicted octanol–water partition coefficient (Wildman–Crippen LogP) is 3.36. The molecule has 2 heterocycles. The Morgan fingerprint density at radius 1 is 1.30 bits per heavy atom. The number of rotatable bonds is 2. The van der Waals surface area contributed by atoms with E-state index in [9.17, 15) is 4.79 Å². The molecule has 1 aromatic heterocycles. The topological polar surface area (TPSA) is 32.8 Å². The lowest BCUT2D eigenvalue weighted by Crippen LogP contribution is -2.50. The Balaban J connectivity index is 1.85. The van der Waals surface area contributed by atoms with Crippen molar-refractivity contribution in [1.82, 2.24) is 9.80 Å². The van der Waals surface area contributed by atoms with Gasteiger partial charge in [-0.25, -0.2) is 4.79 Å². The van der Waals surface area contributed by atoms with Crippen molar-refractivity contribution in [3.05, 3.63) is 22.4 Å². The molecular weight excluding hydrogens is 272 g/mol. The molecule has 1 fully saturated rings. The molecule has 20 heavy (non-hydrogen) atoms. The number of carbonyl (C=O) groups is 1. The van der Waals surface area contributed by atoms with Crippen LogP contribution in [-0.2, 0) is 4.74 Å². The zero-order valence-electron chi connectivity index (χ0n) is 12.8. The molecule has 0 N–H and O–H groups in total. The van der Waals surface area contributed by atoms with Crippen LogP contribution in [0.3, 0.4) is 0 Å². The highest BCUT2D eigenvalue weighted by Crippen LogP contribution is 2.25. The summed E-state index contributed by atoms with van der Waals surface area (Å²) in [6, 6.07) is 4.69. The van der Waals surface area contributed by atoms with Crippen LogP contribution in [0.2, 0.25) is 0 Å². The van der Waals surface area contributed by atoms with Gasteiger partial charge in [-0.15, -0.1) is 11.3 Å². The third kappa shape index (κ3) is 3.96. The summed E-state index contributed by atoms with van der Waals surface area (Å²) in [5.41, 5.74) is -0.418. The molecule has 0 radical (unpaired) electrons. The fourth-order valence-electron chi connectivity index (χ4n) is 2.33. The van der Waals surface area contributed by atoms with E-state index in [0.29, 0.717) is 6.04 Å². The molecule has 0 unspecified atom stereocenters. The van der Waals surface area contributed by atoms with Gasteiger partial charge in [-0.3, -0.25) is 4.90 Å². The van der Waals surface area contributed by atoms with E-state index in [4.69, 9.17) is 4.74 Å². The largest absolute Gasteiger partial charge is 0.444 e. The van der Waals surface area contributed by atoms with Crippen LogP contribution in [0.15, 0.2) is 17.5 Å². The third-order valence-corrected chi connectivity index (χ3v) is 4.51. The Morgan fingerprint density at radius 3 is 2.45 bits per heavy atom. The highest BCUT2D eigenvalue weighted by Gasteiger charge is 2.28. The summed E-state index contributed by atoms with van der Waals surface area (Å²) in [4.78, 5) is 17.6. The van der Waals surface area contributed by atoms with Crippen LogP contribution in [0.25, 0.3) is 0 Å². The van der Waals surface area contributed by atoms with Crippen molar-refractivity contribution in [2.24, 2.45) is 0 Å². The minimum Gasteiger partial charge on any atom is -0.444 e. The Morgan fingerprint density at radius 2 is 1.95 bits per heavy atom. The van der Waals surface area contributed by atoms with Crippen LogP contribution in [-0.4, -0.2) is 47.7 Å². The van der Waals surface area contributed by atoms with E-state index < -0.39 is 5.60 Å². The maximum absolute atomic E-state index is 12.0. The number of ether oxygens (including phenoxy) is 1. The minimum atomic E-state index is -0.418. The van der Waals surface area contributed by atoms with Crippen LogP contribution in [0.4, 0.5) is 4.79 Å². The fourth-order valence-corrected chi connectivity index (χ4v) is 3.14. The molecule has 5 heteroatoms. The van der Waals surface area contributed by atoms with Gasteiger partial charge in [-0.05, 0) is 39.1 Å². The average molecular weight is 296 g/mol. The second-order valence-corrected chi connectivity index (χ2v) is 7.17. The van der Waals surface area contributed by atoms with Gasteiger partial charge in [-0.2, -0.15) is 0 Å². The van der Waals surface area contributed by atoms with Crippen LogP contribution < -0.4 is 0 Å². The quantitative estimate of drug-likeness (QED) is 0.839. The SMILES string of the molecule is C[C@H](c1cccs1)N1CCN(C(=O)OC(C)(C)C)CC1. The highest BCUT2D eigenvalue weighted by atomic mass is 32.1. The average Bonchev–Trinajstić information content (AvgIpc) is 2.90. The summed E-state index contributed by atoms with van der Waals surface area (Å²) >= 11 is 1.79. The normalized spacial score (nSPS) is 18.9. The Hall–Kier alpha value is -1.07. The Bertz CT molecular complexity index is 431. The van der Waals surface area contributed by atoms with E-state index in [-0.39, 0.29) is 6.09 Å². The second kappa shape index (κ2) is 6.14. The first-order chi connectivity index (χ1) is 9.37. The molecule has 1 aliphatic heterocycles.